The van der Waals surface area contributed by atoms with Gasteiger partial charge in [-0.1, -0.05) is 6.07 Å². The first kappa shape index (κ1) is 18.1. The molecular formula is C19H18BrN3O4. The van der Waals surface area contributed by atoms with Crippen LogP contribution in [-0.4, -0.2) is 46.2 Å². The third kappa shape index (κ3) is 3.04. The Morgan fingerprint density at radius 2 is 2.04 bits per heavy atom. The third-order valence-electron chi connectivity index (χ3n) is 4.53. The molecule has 2 heterocycles. The van der Waals surface area contributed by atoms with Crippen LogP contribution in [0.25, 0.3) is 27.2 Å². The van der Waals surface area contributed by atoms with Crippen LogP contribution < -0.4 is 10.7 Å². The van der Waals surface area contributed by atoms with Gasteiger partial charge in [0.2, 0.25) is 0 Å². The summed E-state index contributed by atoms with van der Waals surface area (Å²) < 4.78 is 7.67. The lowest BCUT2D eigenvalue weighted by molar-refractivity contribution is 0.0937. The molecule has 4 rings (SSSR count). The molecule has 2 aromatic carbocycles. The van der Waals surface area contributed by atoms with Gasteiger partial charge in [-0.15, -0.1) is 0 Å². The van der Waals surface area contributed by atoms with Crippen LogP contribution in [0.4, 0.5) is 0 Å². The predicted molar refractivity (Wildman–Crippen MR) is 107 cm³/mol. The quantitative estimate of drug-likeness (QED) is 0.306. The van der Waals surface area contributed by atoms with Crippen molar-refractivity contribution in [2.45, 2.75) is 6.54 Å². The average molecular weight is 432 g/mol. The third-order valence-corrected chi connectivity index (χ3v) is 5.19. The molecule has 0 unspecified atom stereocenters. The maximum absolute atomic E-state index is 12.3. The minimum Gasteiger partial charge on any atom is -0.506 e. The summed E-state index contributed by atoms with van der Waals surface area (Å²) >= 11 is 3.48. The second-order valence-electron chi connectivity index (χ2n) is 6.19. The van der Waals surface area contributed by atoms with Gasteiger partial charge in [0, 0.05) is 22.9 Å². The highest BCUT2D eigenvalue weighted by molar-refractivity contribution is 9.10. The molecule has 0 aliphatic rings. The fourth-order valence-corrected chi connectivity index (χ4v) is 3.86. The lowest BCUT2D eigenvalue weighted by Gasteiger charge is -2.09. The number of aliphatic hydroxyl groups is 1. The number of nitrogens with one attached hydrogen (secondary N) is 1. The van der Waals surface area contributed by atoms with E-state index in [4.69, 9.17) is 14.9 Å². The predicted octanol–water partition coefficient (Wildman–Crippen LogP) is 2.01. The fourth-order valence-electron chi connectivity index (χ4n) is 3.35. The summed E-state index contributed by atoms with van der Waals surface area (Å²) in [5.74, 6) is -0.0302. The summed E-state index contributed by atoms with van der Waals surface area (Å²) in [5.41, 5.74) is 1.93. The van der Waals surface area contributed by atoms with Gasteiger partial charge in [0.15, 0.2) is 5.43 Å². The van der Waals surface area contributed by atoms with E-state index in [1.165, 1.54) is 6.07 Å². The minimum absolute atomic E-state index is 0.00774. The highest BCUT2D eigenvalue weighted by atomic mass is 79.9. The van der Waals surface area contributed by atoms with Gasteiger partial charge >= 0.3 is 0 Å². The molecule has 4 aromatic rings. The molecule has 2 aromatic heterocycles. The summed E-state index contributed by atoms with van der Waals surface area (Å²) in [6, 6.07) is 8.69. The van der Waals surface area contributed by atoms with Crippen molar-refractivity contribution in [3.8, 4) is 5.75 Å². The first-order valence-corrected chi connectivity index (χ1v) is 9.39. The summed E-state index contributed by atoms with van der Waals surface area (Å²) in [5, 5.41) is 29.2. The number of benzene rings is 2. The molecule has 0 saturated carbocycles. The van der Waals surface area contributed by atoms with Crippen molar-refractivity contribution in [1.29, 1.82) is 0 Å². The smallest absolute Gasteiger partial charge is 0.191 e. The molecule has 0 atom stereocenters. The van der Waals surface area contributed by atoms with Crippen LogP contribution in [0.3, 0.4) is 0 Å². The van der Waals surface area contributed by atoms with Gasteiger partial charge in [0.05, 0.1) is 47.3 Å². The highest BCUT2D eigenvalue weighted by Gasteiger charge is 2.20. The molecule has 0 radical (unpaired) electrons. The van der Waals surface area contributed by atoms with Crippen LogP contribution in [0.5, 0.6) is 5.75 Å². The largest absolute Gasteiger partial charge is 0.506 e. The number of aromatic nitrogens is 2. The first-order valence-electron chi connectivity index (χ1n) is 8.60. The zero-order chi connectivity index (χ0) is 19.0. The van der Waals surface area contributed by atoms with Crippen molar-refractivity contribution in [3.63, 3.8) is 0 Å². The molecule has 7 nitrogen and oxygen atoms in total. The minimum atomic E-state index is -0.240. The number of hydrogen-bond acceptors (Lipinski definition) is 6. The van der Waals surface area contributed by atoms with Gasteiger partial charge in [-0.3, -0.25) is 4.79 Å². The second kappa shape index (κ2) is 7.40. The number of ether oxygens (including phenoxy) is 1. The van der Waals surface area contributed by atoms with Crippen LogP contribution in [0.1, 0.15) is 5.69 Å². The van der Waals surface area contributed by atoms with Crippen molar-refractivity contribution in [1.82, 2.24) is 14.9 Å². The van der Waals surface area contributed by atoms with Gasteiger partial charge in [-0.05, 0) is 40.2 Å². The van der Waals surface area contributed by atoms with Gasteiger partial charge in [0.1, 0.15) is 5.75 Å². The number of halogens is 1. The number of aromatic hydroxyl groups is 1. The Labute approximate surface area is 162 Å². The molecule has 27 heavy (non-hydrogen) atoms. The Bertz CT molecular complexity index is 1170. The average Bonchev–Trinajstić information content (AvgIpc) is 3.02. The van der Waals surface area contributed by atoms with Crippen molar-refractivity contribution >= 4 is 43.1 Å². The van der Waals surface area contributed by atoms with Crippen molar-refractivity contribution in [3.05, 3.63) is 50.7 Å². The lowest BCUT2D eigenvalue weighted by atomic mass is 10.1. The Balaban J connectivity index is 1.82. The lowest BCUT2D eigenvalue weighted by Crippen LogP contribution is -2.20. The number of hydrogen-bond donors (Lipinski definition) is 3. The van der Waals surface area contributed by atoms with E-state index in [1.54, 1.807) is 16.6 Å². The van der Waals surface area contributed by atoms with Gasteiger partial charge in [-0.25, -0.2) is 4.52 Å². The zero-order valence-electron chi connectivity index (χ0n) is 14.4. The normalized spacial score (nSPS) is 11.9. The van der Waals surface area contributed by atoms with Crippen LogP contribution in [0.15, 0.2) is 39.6 Å². The van der Waals surface area contributed by atoms with Crippen LogP contribution in [0, 0.1) is 0 Å². The molecule has 0 bridgehead atoms. The monoisotopic (exact) mass is 431 g/mol. The molecule has 3 N–H and O–H groups in total. The number of fused-ring (bicyclic) bond motifs is 2. The van der Waals surface area contributed by atoms with E-state index in [0.717, 1.165) is 16.6 Å². The van der Waals surface area contributed by atoms with Crippen LogP contribution >= 0.6 is 15.9 Å². The number of rotatable bonds is 7. The number of nitrogens with zero attached hydrogens (tertiary/aromatic N) is 2. The van der Waals surface area contributed by atoms with E-state index >= 15 is 0 Å². The van der Waals surface area contributed by atoms with Crippen LogP contribution in [0.2, 0.25) is 0 Å². The molecule has 0 amide bonds. The summed E-state index contributed by atoms with van der Waals surface area (Å²) in [7, 11) is 0. The molecule has 140 valence electrons. The molecule has 0 aliphatic heterocycles. The molecule has 0 saturated heterocycles. The number of aliphatic hydroxyl groups excluding tert-OH is 1. The maximum atomic E-state index is 12.3. The number of pyridine rings is 1. The Morgan fingerprint density at radius 1 is 1.19 bits per heavy atom. The SMILES string of the molecule is O=c1cccc2c1c(O)c1c(Br)ccc3c(CNCCOCCO)nn2c31. The van der Waals surface area contributed by atoms with Crippen molar-refractivity contribution in [2.75, 3.05) is 26.4 Å². The Hall–Kier alpha value is -2.26. The molecule has 0 aliphatic carbocycles. The van der Waals surface area contributed by atoms with E-state index in [0.29, 0.717) is 41.7 Å². The maximum Gasteiger partial charge on any atom is 0.191 e. The first-order chi connectivity index (χ1) is 13.1. The summed E-state index contributed by atoms with van der Waals surface area (Å²) in [6.45, 7) is 1.96. The van der Waals surface area contributed by atoms with E-state index in [-0.39, 0.29) is 23.2 Å². The molecule has 0 fully saturated rings. The summed E-state index contributed by atoms with van der Waals surface area (Å²) in [4.78, 5) is 12.3. The van der Waals surface area contributed by atoms with E-state index in [1.807, 2.05) is 12.1 Å². The van der Waals surface area contributed by atoms with Gasteiger partial charge < -0.3 is 20.3 Å². The van der Waals surface area contributed by atoms with Gasteiger partial charge in [-0.2, -0.15) is 5.10 Å². The second-order valence-corrected chi connectivity index (χ2v) is 7.04. The van der Waals surface area contributed by atoms with E-state index in [2.05, 4.69) is 21.2 Å². The van der Waals surface area contributed by atoms with E-state index < -0.39 is 0 Å². The zero-order valence-corrected chi connectivity index (χ0v) is 16.0. The Kier molecular flexibility index (Phi) is 4.96. The van der Waals surface area contributed by atoms with E-state index in [9.17, 15) is 9.90 Å². The topological polar surface area (TPSA) is 96.1 Å². The molecule has 0 spiro atoms. The molecule has 8 heteroatoms. The van der Waals surface area contributed by atoms with Crippen LogP contribution in [-0.2, 0) is 11.3 Å². The van der Waals surface area contributed by atoms with Crippen molar-refractivity contribution < 1.29 is 14.9 Å². The summed E-state index contributed by atoms with van der Waals surface area (Å²) in [6.07, 6.45) is 0. The highest BCUT2D eigenvalue weighted by Crippen LogP contribution is 2.39. The molecular weight excluding hydrogens is 414 g/mol. The fraction of sp³-hybridized carbons (Fsp3) is 0.263. The van der Waals surface area contributed by atoms with Gasteiger partial charge in [0.25, 0.3) is 0 Å². The standard InChI is InChI=1S/C19H18BrN3O4/c20-12-5-4-11-13(10-21-6-8-27-9-7-24)22-23-14-2-1-3-15(25)17(14)19(26)16(12)18(11)23/h1-5,21,24,26H,6-10H2. The van der Waals surface area contributed by atoms with Crippen molar-refractivity contribution in [2.24, 2.45) is 0 Å². The Morgan fingerprint density at radius 3 is 2.85 bits per heavy atom.